The molecule has 4 aromatic carbocycles. The summed E-state index contributed by atoms with van der Waals surface area (Å²) in [5, 5.41) is 0. The maximum absolute atomic E-state index is 15.5. The van der Waals surface area contributed by atoms with Crippen LogP contribution in [0.2, 0.25) is 0 Å². The maximum Gasteiger partial charge on any atom is 0.127 e. The fraction of sp³-hybridized carbons (Fsp3) is 0.250. The van der Waals surface area contributed by atoms with E-state index in [9.17, 15) is 0 Å². The van der Waals surface area contributed by atoms with Gasteiger partial charge < -0.3 is 4.57 Å². The molecule has 0 unspecified atom stereocenters. The van der Waals surface area contributed by atoms with Crippen molar-refractivity contribution >= 4 is 0 Å². The van der Waals surface area contributed by atoms with Gasteiger partial charge in [0.05, 0.1) is 12.0 Å². The predicted octanol–water partition coefficient (Wildman–Crippen LogP) is 9.21. The van der Waals surface area contributed by atoms with E-state index in [1.165, 1.54) is 0 Å². The van der Waals surface area contributed by atoms with E-state index in [1.54, 1.807) is 6.07 Å². The highest BCUT2D eigenvalue weighted by atomic mass is 19.1. The van der Waals surface area contributed by atoms with Crippen molar-refractivity contribution in [2.24, 2.45) is 5.41 Å². The van der Waals surface area contributed by atoms with Crippen LogP contribution in [0.25, 0.3) is 11.3 Å². The Morgan fingerprint density at radius 3 is 1.74 bits per heavy atom. The normalized spacial score (nSPS) is 15.8. The van der Waals surface area contributed by atoms with Crippen molar-refractivity contribution in [3.8, 4) is 11.3 Å². The van der Waals surface area contributed by atoms with Gasteiger partial charge in [-0.3, -0.25) is 0 Å². The molecule has 5 aromatic rings. The zero-order valence-electron chi connectivity index (χ0n) is 22.7. The molecule has 1 aliphatic rings. The average Bonchev–Trinajstić information content (AvgIpc) is 3.46. The number of hydrogen-bond donors (Lipinski definition) is 0. The molecule has 0 atom stereocenters. The monoisotopic (exact) mass is 514 g/mol. The summed E-state index contributed by atoms with van der Waals surface area (Å²) in [6.45, 7) is 4.65. The van der Waals surface area contributed by atoms with Gasteiger partial charge in [-0.1, -0.05) is 117 Å². The summed E-state index contributed by atoms with van der Waals surface area (Å²) in [7, 11) is 0. The predicted molar refractivity (Wildman–Crippen MR) is 157 cm³/mol. The van der Waals surface area contributed by atoms with Crippen LogP contribution < -0.4 is 0 Å². The van der Waals surface area contributed by atoms with Crippen LogP contribution in [0, 0.1) is 11.2 Å². The summed E-state index contributed by atoms with van der Waals surface area (Å²) in [5.41, 5.74) is 5.63. The Morgan fingerprint density at radius 1 is 0.718 bits per heavy atom. The smallest absolute Gasteiger partial charge is 0.127 e. The van der Waals surface area contributed by atoms with E-state index in [-0.39, 0.29) is 11.7 Å². The van der Waals surface area contributed by atoms with Gasteiger partial charge in [-0.2, -0.15) is 0 Å². The Hall–Kier alpha value is -3.98. The van der Waals surface area contributed by atoms with Gasteiger partial charge in [0.2, 0.25) is 0 Å². The molecular weight excluding hydrogens is 479 g/mol. The Bertz CT molecular complexity index is 1430. The third-order valence-electron chi connectivity index (χ3n) is 8.62. The molecule has 0 bridgehead atoms. The fourth-order valence-electron chi connectivity index (χ4n) is 6.49. The van der Waals surface area contributed by atoms with Gasteiger partial charge in [-0.25, -0.2) is 9.37 Å². The van der Waals surface area contributed by atoms with Crippen molar-refractivity contribution in [2.75, 3.05) is 0 Å². The number of benzene rings is 4. The second-order valence-electron chi connectivity index (χ2n) is 11.6. The Balaban J connectivity index is 1.54. The molecule has 0 aliphatic heterocycles. The van der Waals surface area contributed by atoms with Gasteiger partial charge in [0.25, 0.3) is 0 Å². The second kappa shape index (κ2) is 10.3. The van der Waals surface area contributed by atoms with E-state index in [4.69, 9.17) is 4.98 Å². The average molecular weight is 515 g/mol. The molecule has 196 valence electrons. The summed E-state index contributed by atoms with van der Waals surface area (Å²) < 4.78 is 17.7. The van der Waals surface area contributed by atoms with E-state index >= 15 is 4.39 Å². The number of halogens is 1. The van der Waals surface area contributed by atoms with E-state index in [0.29, 0.717) is 5.41 Å². The third kappa shape index (κ3) is 4.61. The van der Waals surface area contributed by atoms with Crippen LogP contribution >= 0.6 is 0 Å². The Morgan fingerprint density at radius 2 is 1.23 bits per heavy atom. The number of aromatic nitrogens is 2. The van der Waals surface area contributed by atoms with Crippen LogP contribution in [0.1, 0.15) is 67.7 Å². The van der Waals surface area contributed by atoms with Gasteiger partial charge in [0, 0.05) is 17.3 Å². The van der Waals surface area contributed by atoms with Crippen LogP contribution in [0.5, 0.6) is 0 Å². The molecule has 1 aromatic heterocycles. The minimum atomic E-state index is -0.641. The lowest BCUT2D eigenvalue weighted by molar-refractivity contribution is 0.222. The summed E-state index contributed by atoms with van der Waals surface area (Å²) in [5.74, 6) is 0.0914. The molecular formula is C36H35FN2. The Labute approximate surface area is 231 Å². The molecule has 0 saturated heterocycles. The molecule has 3 heteroatoms. The molecule has 2 nitrogen and oxygen atoms in total. The van der Waals surface area contributed by atoms with E-state index < -0.39 is 5.54 Å². The molecule has 1 saturated carbocycles. The molecule has 0 N–H and O–H groups in total. The molecule has 1 aliphatic carbocycles. The van der Waals surface area contributed by atoms with Gasteiger partial charge in [0.1, 0.15) is 11.4 Å². The largest absolute Gasteiger partial charge is 0.318 e. The van der Waals surface area contributed by atoms with Crippen LogP contribution in [-0.2, 0) is 5.54 Å². The molecule has 0 amide bonds. The summed E-state index contributed by atoms with van der Waals surface area (Å²) in [6, 6.07) is 37.2. The van der Waals surface area contributed by atoms with Gasteiger partial charge in [0.15, 0.2) is 0 Å². The van der Waals surface area contributed by atoms with Crippen molar-refractivity contribution in [2.45, 2.75) is 51.0 Å². The molecule has 6 rings (SSSR count). The van der Waals surface area contributed by atoms with E-state index in [2.05, 4.69) is 97.4 Å². The molecule has 1 fully saturated rings. The van der Waals surface area contributed by atoms with Crippen molar-refractivity contribution in [1.82, 2.24) is 9.55 Å². The molecule has 1 heterocycles. The van der Waals surface area contributed by atoms with Gasteiger partial charge in [-0.05, 0) is 59.8 Å². The number of imidazole rings is 1. The highest BCUT2D eigenvalue weighted by Crippen LogP contribution is 2.46. The quantitative estimate of drug-likeness (QED) is 0.207. The minimum Gasteiger partial charge on any atom is -0.318 e. The fourth-order valence-corrected chi connectivity index (χ4v) is 6.49. The van der Waals surface area contributed by atoms with Crippen LogP contribution in [0.15, 0.2) is 122 Å². The SMILES string of the molecule is CC1(C)CCC(c2c(F)cccc2-c2cn(C(c3ccccc3)(c3ccccc3)c3ccccc3)cn2)CC1. The first-order chi connectivity index (χ1) is 19.0. The summed E-state index contributed by atoms with van der Waals surface area (Å²) >= 11 is 0. The minimum absolute atomic E-state index is 0.118. The van der Waals surface area contributed by atoms with Gasteiger partial charge in [-0.15, -0.1) is 0 Å². The molecule has 0 radical (unpaired) electrons. The topological polar surface area (TPSA) is 17.8 Å². The maximum atomic E-state index is 15.5. The van der Waals surface area contributed by atoms with Crippen molar-refractivity contribution in [1.29, 1.82) is 0 Å². The first-order valence-corrected chi connectivity index (χ1v) is 14.0. The zero-order chi connectivity index (χ0) is 26.9. The van der Waals surface area contributed by atoms with Crippen LogP contribution in [0.3, 0.4) is 0 Å². The second-order valence-corrected chi connectivity index (χ2v) is 11.6. The van der Waals surface area contributed by atoms with Crippen molar-refractivity contribution in [3.63, 3.8) is 0 Å². The standard InChI is InChI=1S/C36H35FN2/c1-35(2)23-21-27(22-24-35)34-31(19-12-20-32(34)37)33-25-39(26-38-33)36(28-13-6-3-7-14-28,29-15-8-4-9-16-29)30-17-10-5-11-18-30/h3-20,25-27H,21-24H2,1-2H3. The van der Waals surface area contributed by atoms with E-state index in [0.717, 1.165) is 59.2 Å². The van der Waals surface area contributed by atoms with Gasteiger partial charge >= 0.3 is 0 Å². The lowest BCUT2D eigenvalue weighted by Crippen LogP contribution is -2.36. The summed E-state index contributed by atoms with van der Waals surface area (Å²) in [6.07, 6.45) is 8.25. The molecule has 0 spiro atoms. The molecule has 39 heavy (non-hydrogen) atoms. The third-order valence-corrected chi connectivity index (χ3v) is 8.62. The number of rotatable bonds is 6. The van der Waals surface area contributed by atoms with Crippen molar-refractivity contribution < 1.29 is 4.39 Å². The van der Waals surface area contributed by atoms with Crippen molar-refractivity contribution in [3.05, 3.63) is 150 Å². The number of hydrogen-bond acceptors (Lipinski definition) is 1. The first-order valence-electron chi connectivity index (χ1n) is 14.0. The first kappa shape index (κ1) is 25.3. The zero-order valence-corrected chi connectivity index (χ0v) is 22.7. The van der Waals surface area contributed by atoms with E-state index in [1.807, 2.05) is 36.7 Å². The highest BCUT2D eigenvalue weighted by molar-refractivity contribution is 5.65. The highest BCUT2D eigenvalue weighted by Gasteiger charge is 2.39. The number of nitrogens with zero attached hydrogens (tertiary/aromatic N) is 2. The van der Waals surface area contributed by atoms with Crippen LogP contribution in [-0.4, -0.2) is 9.55 Å². The van der Waals surface area contributed by atoms with Crippen LogP contribution in [0.4, 0.5) is 4.39 Å². The summed E-state index contributed by atoms with van der Waals surface area (Å²) in [4.78, 5) is 4.95. The lowest BCUT2D eigenvalue weighted by atomic mass is 9.70. The lowest BCUT2D eigenvalue weighted by Gasteiger charge is -2.37. The Kier molecular flexibility index (Phi) is 6.68.